The summed E-state index contributed by atoms with van der Waals surface area (Å²) in [5, 5.41) is 13.4. The molecule has 4 heteroatoms. The Balaban J connectivity index is 3.00. The Morgan fingerprint density at radius 3 is 3.10 bits per heavy atom. The van der Waals surface area contributed by atoms with Gasteiger partial charge >= 0.3 is 0 Å². The summed E-state index contributed by atoms with van der Waals surface area (Å²) < 4.78 is 1.88. The lowest BCUT2D eigenvalue weighted by Gasteiger charge is -1.84. The van der Waals surface area contributed by atoms with Crippen LogP contribution >= 0.6 is 22.6 Å². The average molecular weight is 247 g/mol. The molecule has 52 valence electrons. The molecule has 0 aromatic carbocycles. The third-order valence-electron chi connectivity index (χ3n) is 1.09. The van der Waals surface area contributed by atoms with Crippen LogP contribution in [0.1, 0.15) is 11.3 Å². The maximum Gasteiger partial charge on any atom is 0.0825 e. The lowest BCUT2D eigenvalue weighted by molar-refractivity contribution is 1.08. The zero-order chi connectivity index (χ0) is 7.40. The van der Waals surface area contributed by atoms with Gasteiger partial charge < -0.3 is 5.41 Å². The molecule has 0 bridgehead atoms. The molecule has 1 heterocycles. The molecule has 0 fully saturated rings. The maximum atomic E-state index is 6.95. The van der Waals surface area contributed by atoms with Gasteiger partial charge in [0.05, 0.1) is 11.9 Å². The first-order valence-corrected chi connectivity index (χ1v) is 3.93. The van der Waals surface area contributed by atoms with Crippen LogP contribution in [0.25, 0.3) is 6.08 Å². The van der Waals surface area contributed by atoms with Crippen molar-refractivity contribution < 1.29 is 0 Å². The summed E-state index contributed by atoms with van der Waals surface area (Å²) in [6, 6.07) is 0. The molecule has 0 spiro atoms. The van der Waals surface area contributed by atoms with E-state index >= 15 is 0 Å². The van der Waals surface area contributed by atoms with Gasteiger partial charge in [-0.3, -0.25) is 5.10 Å². The Morgan fingerprint density at radius 2 is 2.50 bits per heavy atom. The number of rotatable bonds is 2. The van der Waals surface area contributed by atoms with Crippen molar-refractivity contribution in [2.24, 2.45) is 0 Å². The lowest BCUT2D eigenvalue weighted by atomic mass is 10.3. The van der Waals surface area contributed by atoms with Crippen molar-refractivity contribution in [1.82, 2.24) is 10.2 Å². The van der Waals surface area contributed by atoms with Crippen molar-refractivity contribution in [2.45, 2.75) is 0 Å². The third kappa shape index (κ3) is 1.44. The molecule has 2 N–H and O–H groups in total. The van der Waals surface area contributed by atoms with Crippen LogP contribution in [0.4, 0.5) is 0 Å². The van der Waals surface area contributed by atoms with E-state index in [0.717, 1.165) is 11.3 Å². The van der Waals surface area contributed by atoms with Crippen LogP contribution in [-0.4, -0.2) is 16.4 Å². The van der Waals surface area contributed by atoms with E-state index in [1.807, 2.05) is 10.2 Å². The van der Waals surface area contributed by atoms with E-state index in [0.29, 0.717) is 0 Å². The first-order valence-electron chi connectivity index (χ1n) is 2.69. The Labute approximate surface area is 72.2 Å². The molecule has 1 aromatic heterocycles. The molecule has 0 amide bonds. The van der Waals surface area contributed by atoms with Gasteiger partial charge in [0.2, 0.25) is 0 Å². The summed E-state index contributed by atoms with van der Waals surface area (Å²) in [6.07, 6.45) is 4.83. The van der Waals surface area contributed by atoms with Gasteiger partial charge in [-0.2, -0.15) is 5.10 Å². The molecule has 1 aromatic rings. The number of halogens is 1. The van der Waals surface area contributed by atoms with Gasteiger partial charge in [-0.25, -0.2) is 0 Å². The SMILES string of the molecule is N=Cc1[nH]ncc1/C=C\I. The molecule has 0 atom stereocenters. The molecule has 0 unspecified atom stereocenters. The Hall–Kier alpha value is -0.650. The highest BCUT2D eigenvalue weighted by Gasteiger charge is 1.95. The molecule has 0 radical (unpaired) electrons. The van der Waals surface area contributed by atoms with E-state index in [9.17, 15) is 0 Å². The molecule has 0 saturated heterocycles. The monoisotopic (exact) mass is 247 g/mol. The first kappa shape index (κ1) is 7.46. The highest BCUT2D eigenvalue weighted by Crippen LogP contribution is 2.05. The number of nitrogens with zero attached hydrogens (tertiary/aromatic N) is 1. The maximum absolute atomic E-state index is 6.95. The lowest BCUT2D eigenvalue weighted by Crippen LogP contribution is -1.81. The van der Waals surface area contributed by atoms with Crippen LogP contribution in [0.2, 0.25) is 0 Å². The van der Waals surface area contributed by atoms with Gasteiger partial charge in [-0.15, -0.1) is 0 Å². The van der Waals surface area contributed by atoms with E-state index in [-0.39, 0.29) is 0 Å². The van der Waals surface area contributed by atoms with E-state index in [1.165, 1.54) is 6.21 Å². The molecule has 0 aliphatic rings. The summed E-state index contributed by atoms with van der Waals surface area (Å²) >= 11 is 2.12. The van der Waals surface area contributed by atoms with Gasteiger partial charge in [0.25, 0.3) is 0 Å². The molecule has 1 rings (SSSR count). The summed E-state index contributed by atoms with van der Waals surface area (Å²) in [4.78, 5) is 0. The van der Waals surface area contributed by atoms with Crippen molar-refractivity contribution in [2.75, 3.05) is 0 Å². The van der Waals surface area contributed by atoms with Crippen LogP contribution < -0.4 is 0 Å². The van der Waals surface area contributed by atoms with E-state index in [2.05, 4.69) is 32.8 Å². The minimum Gasteiger partial charge on any atom is -0.307 e. The quantitative estimate of drug-likeness (QED) is 0.607. The Kier molecular flexibility index (Phi) is 2.61. The number of aromatic amines is 1. The second-order valence-electron chi connectivity index (χ2n) is 1.68. The molecule has 0 saturated carbocycles. The number of nitrogens with one attached hydrogen (secondary N) is 2. The van der Waals surface area contributed by atoms with E-state index in [1.54, 1.807) is 6.20 Å². The molecular formula is C6H6IN3. The Bertz CT molecular complexity index is 251. The Morgan fingerprint density at radius 1 is 1.70 bits per heavy atom. The van der Waals surface area contributed by atoms with Crippen LogP contribution in [0.3, 0.4) is 0 Å². The number of hydrogen-bond acceptors (Lipinski definition) is 2. The zero-order valence-corrected chi connectivity index (χ0v) is 7.29. The summed E-state index contributed by atoms with van der Waals surface area (Å²) in [5.74, 6) is 0. The average Bonchev–Trinajstić information content (AvgIpc) is 2.36. The minimum absolute atomic E-state index is 0.743. The number of H-pyrrole nitrogens is 1. The second kappa shape index (κ2) is 3.50. The van der Waals surface area contributed by atoms with Crippen LogP contribution in [-0.2, 0) is 0 Å². The van der Waals surface area contributed by atoms with Gasteiger partial charge in [0.1, 0.15) is 0 Å². The van der Waals surface area contributed by atoms with Crippen LogP contribution in [0.5, 0.6) is 0 Å². The highest BCUT2D eigenvalue weighted by molar-refractivity contribution is 14.1. The van der Waals surface area contributed by atoms with Crippen molar-refractivity contribution in [3.05, 3.63) is 21.5 Å². The standard InChI is InChI=1S/C6H6IN3/c7-2-1-5-4-9-10-6(5)3-8/h1-4,8H,(H,9,10)/b2-1-,8-3?. The van der Waals surface area contributed by atoms with Gasteiger partial charge in [0.15, 0.2) is 0 Å². The summed E-state index contributed by atoms with van der Waals surface area (Å²) in [7, 11) is 0. The molecular weight excluding hydrogens is 241 g/mol. The van der Waals surface area contributed by atoms with Crippen molar-refractivity contribution >= 4 is 34.9 Å². The fraction of sp³-hybridized carbons (Fsp3) is 0. The fourth-order valence-electron chi connectivity index (χ4n) is 0.622. The predicted molar refractivity (Wildman–Crippen MR) is 49.5 cm³/mol. The third-order valence-corrected chi connectivity index (χ3v) is 1.45. The van der Waals surface area contributed by atoms with Gasteiger partial charge in [-0.05, 0) is 10.2 Å². The summed E-state index contributed by atoms with van der Waals surface area (Å²) in [6.45, 7) is 0. The number of aromatic nitrogens is 2. The van der Waals surface area contributed by atoms with Crippen molar-refractivity contribution in [1.29, 1.82) is 5.41 Å². The normalized spacial score (nSPS) is 10.5. The molecule has 3 nitrogen and oxygen atoms in total. The van der Waals surface area contributed by atoms with Crippen LogP contribution in [0.15, 0.2) is 10.3 Å². The topological polar surface area (TPSA) is 52.5 Å². The molecule has 10 heavy (non-hydrogen) atoms. The first-order chi connectivity index (χ1) is 4.88. The van der Waals surface area contributed by atoms with E-state index < -0.39 is 0 Å². The highest BCUT2D eigenvalue weighted by atomic mass is 127. The van der Waals surface area contributed by atoms with Gasteiger partial charge in [0, 0.05) is 11.8 Å². The molecule has 0 aliphatic heterocycles. The number of hydrogen-bond donors (Lipinski definition) is 2. The minimum atomic E-state index is 0.743. The largest absolute Gasteiger partial charge is 0.307 e. The predicted octanol–water partition coefficient (Wildman–Crippen LogP) is 1.81. The van der Waals surface area contributed by atoms with Crippen molar-refractivity contribution in [3.8, 4) is 0 Å². The smallest absolute Gasteiger partial charge is 0.0825 e. The fourth-order valence-corrected chi connectivity index (χ4v) is 1.01. The second-order valence-corrected chi connectivity index (χ2v) is 2.40. The van der Waals surface area contributed by atoms with Crippen LogP contribution in [0, 0.1) is 5.41 Å². The van der Waals surface area contributed by atoms with Gasteiger partial charge in [-0.1, -0.05) is 22.6 Å². The van der Waals surface area contributed by atoms with Crippen molar-refractivity contribution in [3.63, 3.8) is 0 Å². The molecule has 0 aliphatic carbocycles. The zero-order valence-electron chi connectivity index (χ0n) is 5.13. The van der Waals surface area contributed by atoms with E-state index in [4.69, 9.17) is 5.41 Å². The summed E-state index contributed by atoms with van der Waals surface area (Å²) in [5.41, 5.74) is 1.69.